The van der Waals surface area contributed by atoms with Gasteiger partial charge in [-0.2, -0.15) is 0 Å². The summed E-state index contributed by atoms with van der Waals surface area (Å²) in [4.78, 5) is 14.7. The molecule has 0 bridgehead atoms. The Morgan fingerprint density at radius 2 is 1.70 bits per heavy atom. The summed E-state index contributed by atoms with van der Waals surface area (Å²) < 4.78 is 31.8. The van der Waals surface area contributed by atoms with E-state index < -0.39 is 15.3 Å². The summed E-state index contributed by atoms with van der Waals surface area (Å²) in [5.41, 5.74) is 4.09. The average Bonchev–Trinajstić information content (AvgIpc) is 2.63. The molecule has 1 aliphatic heterocycles. The van der Waals surface area contributed by atoms with E-state index >= 15 is 0 Å². The summed E-state index contributed by atoms with van der Waals surface area (Å²) in [7, 11) is -3.24. The van der Waals surface area contributed by atoms with E-state index in [9.17, 15) is 13.2 Å². The molecule has 0 spiro atoms. The van der Waals surface area contributed by atoms with Gasteiger partial charge in [-0.05, 0) is 77.6 Å². The van der Waals surface area contributed by atoms with E-state index in [2.05, 4.69) is 40.9 Å². The number of carbonyl (C=O) groups is 1. The minimum absolute atomic E-state index is 0.0470. The van der Waals surface area contributed by atoms with Crippen molar-refractivity contribution in [2.75, 3.05) is 29.9 Å². The van der Waals surface area contributed by atoms with E-state index in [1.54, 1.807) is 13.8 Å². The first-order valence-corrected chi connectivity index (χ1v) is 12.3. The molecule has 2 rings (SSSR count). The number of ether oxygens (including phenoxy) is 1. The van der Waals surface area contributed by atoms with Crippen LogP contribution in [0.5, 0.6) is 0 Å². The first-order chi connectivity index (χ1) is 14.0. The van der Waals surface area contributed by atoms with Gasteiger partial charge in [-0.3, -0.25) is 4.79 Å². The Balaban J connectivity index is 1.88. The fourth-order valence-electron chi connectivity index (χ4n) is 3.70. The van der Waals surface area contributed by atoms with Crippen molar-refractivity contribution in [3.63, 3.8) is 0 Å². The van der Waals surface area contributed by atoms with Gasteiger partial charge in [0, 0.05) is 37.4 Å². The maximum Gasteiger partial charge on any atom is 0.224 e. The lowest BCUT2D eigenvalue weighted by Crippen LogP contribution is -2.45. The lowest BCUT2D eigenvalue weighted by atomic mass is 10.1. The molecule has 0 unspecified atom stereocenters. The molecule has 2 N–H and O–H groups in total. The normalized spacial score (nSPS) is 19.9. The van der Waals surface area contributed by atoms with Crippen LogP contribution in [-0.2, 0) is 19.6 Å². The molecule has 0 aliphatic carbocycles. The molecule has 1 aromatic rings. The molecule has 1 amide bonds. The van der Waals surface area contributed by atoms with Crippen LogP contribution >= 0.6 is 0 Å². The number of rotatable bonds is 9. The molecule has 30 heavy (non-hydrogen) atoms. The minimum Gasteiger partial charge on any atom is -0.372 e. The topological polar surface area (TPSA) is 87.7 Å². The van der Waals surface area contributed by atoms with Crippen LogP contribution in [0, 0.1) is 13.8 Å². The van der Waals surface area contributed by atoms with Gasteiger partial charge < -0.3 is 15.0 Å². The monoisotopic (exact) mass is 439 g/mol. The number of aryl methyl sites for hydroxylation is 2. The van der Waals surface area contributed by atoms with Gasteiger partial charge in [0.2, 0.25) is 15.9 Å². The largest absolute Gasteiger partial charge is 0.372 e. The molecule has 8 heteroatoms. The maximum atomic E-state index is 12.4. The van der Waals surface area contributed by atoms with Gasteiger partial charge in [0.1, 0.15) is 0 Å². The van der Waals surface area contributed by atoms with E-state index in [0.29, 0.717) is 25.8 Å². The highest BCUT2D eigenvalue weighted by Gasteiger charge is 2.23. The van der Waals surface area contributed by atoms with Gasteiger partial charge in [0.15, 0.2) is 0 Å². The Labute approximate surface area is 181 Å². The number of hydrogen-bond acceptors (Lipinski definition) is 5. The van der Waals surface area contributed by atoms with Gasteiger partial charge in [0.05, 0.1) is 17.5 Å². The number of anilines is 2. The lowest BCUT2D eigenvalue weighted by molar-refractivity contribution is -0.116. The van der Waals surface area contributed by atoms with Gasteiger partial charge >= 0.3 is 0 Å². The highest BCUT2D eigenvalue weighted by Crippen LogP contribution is 2.29. The fraction of sp³-hybridized carbons (Fsp3) is 0.682. The summed E-state index contributed by atoms with van der Waals surface area (Å²) in [5, 5.41) is 2.59. The average molecular weight is 440 g/mol. The Kier molecular flexibility index (Phi) is 8.70. The van der Waals surface area contributed by atoms with Crippen molar-refractivity contribution in [2.24, 2.45) is 0 Å². The van der Waals surface area contributed by atoms with Crippen LogP contribution in [0.4, 0.5) is 11.4 Å². The zero-order valence-corrected chi connectivity index (χ0v) is 19.9. The van der Waals surface area contributed by atoms with Gasteiger partial charge in [0.25, 0.3) is 0 Å². The number of hydrogen-bond donors (Lipinski definition) is 2. The molecule has 0 aromatic heterocycles. The molecule has 1 fully saturated rings. The summed E-state index contributed by atoms with van der Waals surface area (Å²) in [6.07, 6.45) is 2.01. The highest BCUT2D eigenvalue weighted by molar-refractivity contribution is 7.90. The second kappa shape index (κ2) is 10.6. The first-order valence-electron chi connectivity index (χ1n) is 10.8. The highest BCUT2D eigenvalue weighted by atomic mass is 32.2. The predicted molar refractivity (Wildman–Crippen MR) is 123 cm³/mol. The predicted octanol–water partition coefficient (Wildman–Crippen LogP) is 3.35. The van der Waals surface area contributed by atoms with Crippen LogP contribution in [0.1, 0.15) is 58.1 Å². The van der Waals surface area contributed by atoms with Crippen LogP contribution in [0.15, 0.2) is 12.1 Å². The number of benzene rings is 1. The number of amides is 1. The Bertz CT molecular complexity index is 806. The molecule has 7 nitrogen and oxygen atoms in total. The van der Waals surface area contributed by atoms with Crippen LogP contribution in [0.2, 0.25) is 0 Å². The Morgan fingerprint density at radius 3 is 2.23 bits per heavy atom. The van der Waals surface area contributed by atoms with Gasteiger partial charge in [-0.15, -0.1) is 0 Å². The molecule has 2 atom stereocenters. The maximum absolute atomic E-state index is 12.4. The number of sulfonamides is 1. The van der Waals surface area contributed by atoms with Crippen LogP contribution in [-0.4, -0.2) is 51.4 Å². The number of carbonyl (C=O) groups excluding carboxylic acids is 1. The number of nitrogens with one attached hydrogen (secondary N) is 2. The number of nitrogens with zero attached hydrogens (tertiary/aromatic N) is 1. The molecule has 170 valence electrons. The smallest absolute Gasteiger partial charge is 0.224 e. The van der Waals surface area contributed by atoms with Crippen molar-refractivity contribution >= 4 is 27.3 Å². The molecule has 0 radical (unpaired) electrons. The van der Waals surface area contributed by atoms with Crippen molar-refractivity contribution < 1.29 is 17.9 Å². The molecule has 1 aromatic carbocycles. The summed E-state index contributed by atoms with van der Waals surface area (Å²) >= 11 is 0. The molecule has 1 saturated heterocycles. The number of unbranched alkanes of at least 4 members (excludes halogenated alkanes) is 1. The van der Waals surface area contributed by atoms with E-state index in [0.717, 1.165) is 35.6 Å². The molecule has 0 saturated carbocycles. The minimum atomic E-state index is -3.24. The quantitative estimate of drug-likeness (QED) is 0.576. The van der Waals surface area contributed by atoms with Gasteiger partial charge in [-0.1, -0.05) is 0 Å². The van der Waals surface area contributed by atoms with E-state index in [-0.39, 0.29) is 18.1 Å². The van der Waals surface area contributed by atoms with Crippen molar-refractivity contribution in [3.8, 4) is 0 Å². The van der Waals surface area contributed by atoms with Crippen LogP contribution in [0.25, 0.3) is 0 Å². The third kappa shape index (κ3) is 6.96. The second-order valence-electron chi connectivity index (χ2n) is 8.61. The molecule has 1 aliphatic rings. The molecular formula is C22H37N3O4S. The van der Waals surface area contributed by atoms with Crippen molar-refractivity contribution in [3.05, 3.63) is 23.3 Å². The second-order valence-corrected chi connectivity index (χ2v) is 10.9. The van der Waals surface area contributed by atoms with E-state index in [1.165, 1.54) is 0 Å². The van der Waals surface area contributed by atoms with Crippen molar-refractivity contribution in [1.29, 1.82) is 0 Å². The van der Waals surface area contributed by atoms with Crippen LogP contribution < -0.4 is 14.9 Å². The summed E-state index contributed by atoms with van der Waals surface area (Å²) in [6, 6.07) is 4.24. The van der Waals surface area contributed by atoms with Crippen LogP contribution in [0.3, 0.4) is 0 Å². The first kappa shape index (κ1) is 24.6. The number of morpholine rings is 1. The van der Waals surface area contributed by atoms with Crippen molar-refractivity contribution in [1.82, 2.24) is 4.72 Å². The third-order valence-corrected chi connectivity index (χ3v) is 7.17. The molecule has 1 heterocycles. The molecular weight excluding hydrogens is 402 g/mol. The summed E-state index contributed by atoms with van der Waals surface area (Å²) in [5.74, 6) is -0.0470. The summed E-state index contributed by atoms with van der Waals surface area (Å²) in [6.45, 7) is 13.6. The Morgan fingerprint density at radius 1 is 1.13 bits per heavy atom. The van der Waals surface area contributed by atoms with Gasteiger partial charge in [-0.25, -0.2) is 13.1 Å². The SMILES string of the molecule is Cc1cc(N2C[C@@H](C)O[C@@H](C)C2)cc(C)c1NC(=O)CCCCNS(=O)(=O)C(C)C. The van der Waals surface area contributed by atoms with E-state index in [1.807, 2.05) is 13.8 Å². The third-order valence-electron chi connectivity index (χ3n) is 5.32. The zero-order chi connectivity index (χ0) is 22.5. The van der Waals surface area contributed by atoms with Crippen molar-refractivity contribution in [2.45, 2.75) is 78.3 Å². The lowest BCUT2D eigenvalue weighted by Gasteiger charge is -2.37. The fourth-order valence-corrected chi connectivity index (χ4v) is 4.46. The Hall–Kier alpha value is -1.64. The standard InChI is InChI=1S/C22H37N3O4S/c1-15(2)30(27,28)23-10-8-7-9-21(26)24-22-16(3)11-20(12-17(22)4)25-13-18(5)29-19(6)14-25/h11-12,15,18-19,23H,7-10,13-14H2,1-6H3,(H,24,26)/t18-,19+. The zero-order valence-electron chi connectivity index (χ0n) is 19.1. The van der Waals surface area contributed by atoms with E-state index in [4.69, 9.17) is 4.74 Å².